The van der Waals surface area contributed by atoms with Gasteiger partial charge in [-0.25, -0.2) is 0 Å². The highest BCUT2D eigenvalue weighted by atomic mass is 16.5. The van der Waals surface area contributed by atoms with E-state index in [9.17, 15) is 9.59 Å². The summed E-state index contributed by atoms with van der Waals surface area (Å²) in [7, 11) is 4.64. The number of benzene rings is 3. The molecule has 3 rings (SSSR count). The molecule has 1 N–H and O–H groups in total. The smallest absolute Gasteiger partial charge is 0.247 e. The molecule has 3 aromatic rings. The number of carbonyl (C=O) groups is 2. The van der Waals surface area contributed by atoms with Gasteiger partial charge in [0.05, 0.1) is 27.4 Å². The van der Waals surface area contributed by atoms with Crippen molar-refractivity contribution in [3.63, 3.8) is 0 Å². The summed E-state index contributed by atoms with van der Waals surface area (Å²) in [6, 6.07) is 20.7. The van der Waals surface area contributed by atoms with Crippen LogP contribution >= 0.6 is 0 Å². The van der Waals surface area contributed by atoms with E-state index in [0.717, 1.165) is 16.7 Å². The van der Waals surface area contributed by atoms with Gasteiger partial charge in [0.25, 0.3) is 0 Å². The summed E-state index contributed by atoms with van der Waals surface area (Å²) in [5.41, 5.74) is 3.34. The molecule has 0 fully saturated rings. The number of hydrogen-bond donors (Lipinski definition) is 1. The van der Waals surface area contributed by atoms with Crippen LogP contribution in [0, 0.1) is 0 Å². The zero-order chi connectivity index (χ0) is 26.1. The highest BCUT2D eigenvalue weighted by Crippen LogP contribution is 2.38. The number of nitrogens with one attached hydrogen (secondary N) is 1. The molecule has 3 aromatic carbocycles. The van der Waals surface area contributed by atoms with Gasteiger partial charge in [-0.2, -0.15) is 0 Å². The van der Waals surface area contributed by atoms with Gasteiger partial charge in [-0.05, 0) is 54.0 Å². The average molecular weight is 489 g/mol. The van der Waals surface area contributed by atoms with Crippen LogP contribution in [-0.2, 0) is 16.1 Å². The molecule has 2 amide bonds. The second-order valence-electron chi connectivity index (χ2n) is 8.23. The van der Waals surface area contributed by atoms with Crippen molar-refractivity contribution in [2.45, 2.75) is 26.4 Å². The molecule has 36 heavy (non-hydrogen) atoms. The summed E-state index contributed by atoms with van der Waals surface area (Å²) in [6.45, 7) is 3.86. The van der Waals surface area contributed by atoms with Gasteiger partial charge in [0, 0.05) is 25.2 Å². The summed E-state index contributed by atoms with van der Waals surface area (Å²) in [6.07, 6.45) is 3.27. The summed E-state index contributed by atoms with van der Waals surface area (Å²) in [5, 5.41) is 2.81. The van der Waals surface area contributed by atoms with Crippen molar-refractivity contribution in [2.24, 2.45) is 0 Å². The van der Waals surface area contributed by atoms with Crippen LogP contribution in [0.2, 0.25) is 0 Å². The first-order valence-electron chi connectivity index (χ1n) is 11.6. The Kier molecular flexibility index (Phi) is 9.11. The minimum absolute atomic E-state index is 0.148. The SMILES string of the molecule is COc1cc(/C=C/C(=O)N(Cc2ccccc2)C(C)c2cccc(NC(C)=O)c2)cc(OC)c1OC. The number of methoxy groups -OCH3 is 3. The first-order valence-corrected chi connectivity index (χ1v) is 11.6. The fourth-order valence-electron chi connectivity index (χ4n) is 3.91. The third-order valence-electron chi connectivity index (χ3n) is 5.74. The molecule has 188 valence electrons. The normalized spacial score (nSPS) is 11.6. The van der Waals surface area contributed by atoms with Crippen LogP contribution in [0.1, 0.15) is 36.6 Å². The third-order valence-corrected chi connectivity index (χ3v) is 5.74. The summed E-state index contributed by atoms with van der Waals surface area (Å²) in [4.78, 5) is 26.8. The van der Waals surface area contributed by atoms with E-state index < -0.39 is 0 Å². The van der Waals surface area contributed by atoms with Gasteiger partial charge in [0.15, 0.2) is 11.5 Å². The molecule has 1 atom stereocenters. The number of rotatable bonds is 10. The predicted octanol–water partition coefficient (Wildman–Crippen LogP) is 5.47. The van der Waals surface area contributed by atoms with Crippen molar-refractivity contribution in [2.75, 3.05) is 26.6 Å². The minimum atomic E-state index is -0.254. The minimum Gasteiger partial charge on any atom is -0.493 e. The van der Waals surface area contributed by atoms with Crippen LogP contribution in [0.5, 0.6) is 17.2 Å². The predicted molar refractivity (Wildman–Crippen MR) is 141 cm³/mol. The molecule has 0 aliphatic carbocycles. The number of nitrogens with zero attached hydrogens (tertiary/aromatic N) is 1. The van der Waals surface area contributed by atoms with Gasteiger partial charge < -0.3 is 24.4 Å². The van der Waals surface area contributed by atoms with E-state index in [2.05, 4.69) is 5.32 Å². The molecule has 0 saturated carbocycles. The van der Waals surface area contributed by atoms with E-state index in [1.807, 2.05) is 61.5 Å². The monoisotopic (exact) mass is 488 g/mol. The maximum atomic E-state index is 13.5. The Morgan fingerprint density at radius 1 is 0.917 bits per heavy atom. The van der Waals surface area contributed by atoms with Crippen LogP contribution in [0.25, 0.3) is 6.08 Å². The van der Waals surface area contributed by atoms with Crippen LogP contribution in [-0.4, -0.2) is 38.0 Å². The summed E-state index contributed by atoms with van der Waals surface area (Å²) in [5.74, 6) is 1.19. The van der Waals surface area contributed by atoms with Crippen molar-refractivity contribution in [3.05, 3.63) is 89.5 Å². The van der Waals surface area contributed by atoms with Gasteiger partial charge in [-0.15, -0.1) is 0 Å². The maximum Gasteiger partial charge on any atom is 0.247 e. The second kappa shape index (κ2) is 12.4. The van der Waals surface area contributed by atoms with Crippen LogP contribution in [0.15, 0.2) is 72.8 Å². The van der Waals surface area contributed by atoms with Gasteiger partial charge in [-0.1, -0.05) is 42.5 Å². The van der Waals surface area contributed by atoms with E-state index in [1.165, 1.54) is 13.0 Å². The number of amides is 2. The number of anilines is 1. The number of hydrogen-bond acceptors (Lipinski definition) is 5. The van der Waals surface area contributed by atoms with Crippen molar-refractivity contribution >= 4 is 23.6 Å². The van der Waals surface area contributed by atoms with E-state index in [1.54, 1.807) is 44.4 Å². The Morgan fingerprint density at radius 2 is 1.58 bits per heavy atom. The lowest BCUT2D eigenvalue weighted by Crippen LogP contribution is -2.31. The zero-order valence-corrected chi connectivity index (χ0v) is 21.3. The molecule has 0 spiro atoms. The Hall–Kier alpha value is -4.26. The molecular weight excluding hydrogens is 456 g/mol. The van der Waals surface area contributed by atoms with Gasteiger partial charge in [0.1, 0.15) is 0 Å². The lowest BCUT2D eigenvalue weighted by Gasteiger charge is -2.29. The standard InChI is InChI=1S/C29H32N2O5/c1-20(24-12-9-13-25(18-24)30-21(2)32)31(19-22-10-7-6-8-11-22)28(33)15-14-23-16-26(34-3)29(36-5)27(17-23)35-4/h6-18,20H,19H2,1-5H3,(H,30,32)/b15-14+. The number of carbonyl (C=O) groups excluding carboxylic acids is 2. The quantitative estimate of drug-likeness (QED) is 0.383. The van der Waals surface area contributed by atoms with E-state index in [0.29, 0.717) is 29.5 Å². The summed E-state index contributed by atoms with van der Waals surface area (Å²) >= 11 is 0. The summed E-state index contributed by atoms with van der Waals surface area (Å²) < 4.78 is 16.2. The number of ether oxygens (including phenoxy) is 3. The zero-order valence-electron chi connectivity index (χ0n) is 21.3. The molecule has 0 aliphatic heterocycles. The molecule has 7 nitrogen and oxygen atoms in total. The molecule has 1 unspecified atom stereocenters. The van der Waals surface area contributed by atoms with E-state index >= 15 is 0 Å². The molecule has 0 heterocycles. The van der Waals surface area contributed by atoms with Crippen LogP contribution in [0.4, 0.5) is 5.69 Å². The Balaban J connectivity index is 1.93. The lowest BCUT2D eigenvalue weighted by atomic mass is 10.0. The first-order chi connectivity index (χ1) is 17.4. The molecule has 0 aromatic heterocycles. The largest absolute Gasteiger partial charge is 0.493 e. The van der Waals surface area contributed by atoms with Crippen LogP contribution in [0.3, 0.4) is 0 Å². The fourth-order valence-corrected chi connectivity index (χ4v) is 3.91. The molecule has 0 aliphatic rings. The van der Waals surface area contributed by atoms with Crippen molar-refractivity contribution < 1.29 is 23.8 Å². The van der Waals surface area contributed by atoms with Crippen molar-refractivity contribution in [1.29, 1.82) is 0 Å². The Bertz CT molecular complexity index is 1200. The highest BCUT2D eigenvalue weighted by molar-refractivity contribution is 5.92. The highest BCUT2D eigenvalue weighted by Gasteiger charge is 2.21. The molecule has 0 bridgehead atoms. The van der Waals surface area contributed by atoms with Gasteiger partial charge in [0.2, 0.25) is 17.6 Å². The van der Waals surface area contributed by atoms with Gasteiger partial charge >= 0.3 is 0 Å². The third kappa shape index (κ3) is 6.66. The van der Waals surface area contributed by atoms with Crippen LogP contribution < -0.4 is 19.5 Å². The topological polar surface area (TPSA) is 77.1 Å². The Morgan fingerprint density at radius 3 is 2.17 bits per heavy atom. The Labute approximate surface area is 212 Å². The van der Waals surface area contributed by atoms with E-state index in [4.69, 9.17) is 14.2 Å². The molecule has 0 radical (unpaired) electrons. The first kappa shape index (κ1) is 26.3. The second-order valence-corrected chi connectivity index (χ2v) is 8.23. The lowest BCUT2D eigenvalue weighted by molar-refractivity contribution is -0.128. The fraction of sp³-hybridized carbons (Fsp3) is 0.241. The van der Waals surface area contributed by atoms with Gasteiger partial charge in [-0.3, -0.25) is 9.59 Å². The maximum absolute atomic E-state index is 13.5. The molecule has 7 heteroatoms. The van der Waals surface area contributed by atoms with Crippen molar-refractivity contribution in [3.8, 4) is 17.2 Å². The van der Waals surface area contributed by atoms with Crippen molar-refractivity contribution in [1.82, 2.24) is 4.90 Å². The molecular formula is C29H32N2O5. The average Bonchev–Trinajstić information content (AvgIpc) is 2.89. The molecule has 0 saturated heterocycles. The van der Waals surface area contributed by atoms with E-state index in [-0.39, 0.29) is 17.9 Å².